The average molecular weight is 263 g/mol. The molecular weight excluding hydrogens is 246 g/mol. The second kappa shape index (κ2) is 5.87. The van der Waals surface area contributed by atoms with Crippen LogP contribution in [0.15, 0.2) is 23.6 Å². The van der Waals surface area contributed by atoms with E-state index >= 15 is 0 Å². The summed E-state index contributed by atoms with van der Waals surface area (Å²) in [5.41, 5.74) is 2.13. The lowest BCUT2D eigenvalue weighted by molar-refractivity contribution is 0.356. The molecule has 0 bridgehead atoms. The van der Waals surface area contributed by atoms with Crippen LogP contribution in [0.5, 0.6) is 11.5 Å². The topological polar surface area (TPSA) is 31.4 Å². The van der Waals surface area contributed by atoms with Crippen LogP contribution in [0, 0.1) is 0 Å². The SMILES string of the molecule is CCCc1csc(-c2cccc(OC)c2OC)n1. The number of ether oxygens (including phenoxy) is 2. The number of rotatable bonds is 5. The van der Waals surface area contributed by atoms with Crippen LogP contribution in [-0.4, -0.2) is 19.2 Å². The minimum Gasteiger partial charge on any atom is -0.493 e. The van der Waals surface area contributed by atoms with Crippen molar-refractivity contribution in [3.05, 3.63) is 29.3 Å². The van der Waals surface area contributed by atoms with E-state index in [1.165, 1.54) is 0 Å². The van der Waals surface area contributed by atoms with Crippen molar-refractivity contribution in [2.75, 3.05) is 14.2 Å². The molecule has 1 aromatic carbocycles. The third kappa shape index (κ3) is 2.48. The summed E-state index contributed by atoms with van der Waals surface area (Å²) in [5, 5.41) is 3.09. The van der Waals surface area contributed by atoms with E-state index in [-0.39, 0.29) is 0 Å². The van der Waals surface area contributed by atoms with E-state index in [1.807, 2.05) is 18.2 Å². The zero-order valence-corrected chi connectivity index (χ0v) is 11.7. The first-order valence-corrected chi connectivity index (χ1v) is 6.83. The van der Waals surface area contributed by atoms with E-state index in [1.54, 1.807) is 25.6 Å². The Labute approximate surface area is 111 Å². The summed E-state index contributed by atoms with van der Waals surface area (Å²) in [7, 11) is 3.30. The molecule has 0 amide bonds. The van der Waals surface area contributed by atoms with Gasteiger partial charge in [0.2, 0.25) is 0 Å². The predicted molar refractivity (Wildman–Crippen MR) is 74.6 cm³/mol. The largest absolute Gasteiger partial charge is 0.493 e. The van der Waals surface area contributed by atoms with Gasteiger partial charge in [-0.1, -0.05) is 19.4 Å². The van der Waals surface area contributed by atoms with Gasteiger partial charge in [-0.25, -0.2) is 4.98 Å². The second-order valence-electron chi connectivity index (χ2n) is 3.94. The molecule has 0 atom stereocenters. The number of benzene rings is 1. The Bertz CT molecular complexity index is 522. The molecule has 0 aliphatic rings. The molecule has 0 radical (unpaired) electrons. The molecule has 0 fully saturated rings. The monoisotopic (exact) mass is 263 g/mol. The highest BCUT2D eigenvalue weighted by molar-refractivity contribution is 7.13. The first kappa shape index (κ1) is 12.9. The lowest BCUT2D eigenvalue weighted by Gasteiger charge is -2.10. The molecule has 0 unspecified atom stereocenters. The van der Waals surface area contributed by atoms with Crippen molar-refractivity contribution in [1.29, 1.82) is 0 Å². The van der Waals surface area contributed by atoms with Crippen LogP contribution < -0.4 is 9.47 Å². The van der Waals surface area contributed by atoms with Gasteiger partial charge in [-0.15, -0.1) is 11.3 Å². The number of aromatic nitrogens is 1. The lowest BCUT2D eigenvalue weighted by Crippen LogP contribution is -1.93. The van der Waals surface area contributed by atoms with E-state index in [0.29, 0.717) is 0 Å². The molecular formula is C14H17NO2S. The Morgan fingerprint density at radius 3 is 2.72 bits per heavy atom. The van der Waals surface area contributed by atoms with Crippen molar-refractivity contribution in [2.45, 2.75) is 19.8 Å². The first-order chi connectivity index (χ1) is 8.80. The number of thiazole rings is 1. The summed E-state index contributed by atoms with van der Waals surface area (Å²) in [6.07, 6.45) is 2.13. The summed E-state index contributed by atoms with van der Waals surface area (Å²) in [5.74, 6) is 1.49. The molecule has 3 nitrogen and oxygen atoms in total. The molecule has 0 saturated heterocycles. The minimum atomic E-state index is 0.738. The fourth-order valence-corrected chi connectivity index (χ4v) is 2.73. The van der Waals surface area contributed by atoms with Crippen LogP contribution >= 0.6 is 11.3 Å². The first-order valence-electron chi connectivity index (χ1n) is 5.96. The van der Waals surface area contributed by atoms with Gasteiger partial charge in [0, 0.05) is 5.38 Å². The molecule has 1 aromatic heterocycles. The van der Waals surface area contributed by atoms with Gasteiger partial charge >= 0.3 is 0 Å². The smallest absolute Gasteiger partial charge is 0.170 e. The minimum absolute atomic E-state index is 0.738. The van der Waals surface area contributed by atoms with Crippen LogP contribution in [0.1, 0.15) is 19.0 Å². The number of nitrogens with zero attached hydrogens (tertiary/aromatic N) is 1. The van der Waals surface area contributed by atoms with Crippen molar-refractivity contribution in [3.8, 4) is 22.1 Å². The molecule has 2 aromatic rings. The zero-order chi connectivity index (χ0) is 13.0. The maximum absolute atomic E-state index is 5.43. The Balaban J connectivity index is 2.42. The standard InChI is InChI=1S/C14H17NO2S/c1-4-6-10-9-18-14(15-10)11-7-5-8-12(16-2)13(11)17-3/h5,7-9H,4,6H2,1-3H3. The fourth-order valence-electron chi connectivity index (χ4n) is 1.86. The van der Waals surface area contributed by atoms with E-state index in [4.69, 9.17) is 9.47 Å². The Hall–Kier alpha value is -1.55. The highest BCUT2D eigenvalue weighted by Crippen LogP contribution is 2.38. The summed E-state index contributed by atoms with van der Waals surface area (Å²) in [6.45, 7) is 2.16. The highest BCUT2D eigenvalue weighted by atomic mass is 32.1. The molecule has 96 valence electrons. The summed E-state index contributed by atoms with van der Waals surface area (Å²) in [4.78, 5) is 4.64. The van der Waals surface area contributed by atoms with Gasteiger partial charge in [0.1, 0.15) is 5.01 Å². The van der Waals surface area contributed by atoms with Crippen molar-refractivity contribution in [2.24, 2.45) is 0 Å². The van der Waals surface area contributed by atoms with Crippen LogP contribution in [0.4, 0.5) is 0 Å². The van der Waals surface area contributed by atoms with Crippen molar-refractivity contribution in [3.63, 3.8) is 0 Å². The number of hydrogen-bond donors (Lipinski definition) is 0. The third-order valence-electron chi connectivity index (χ3n) is 2.69. The van der Waals surface area contributed by atoms with E-state index in [2.05, 4.69) is 17.3 Å². The fraction of sp³-hybridized carbons (Fsp3) is 0.357. The van der Waals surface area contributed by atoms with Crippen molar-refractivity contribution < 1.29 is 9.47 Å². The van der Waals surface area contributed by atoms with E-state index in [9.17, 15) is 0 Å². The Morgan fingerprint density at radius 2 is 2.06 bits per heavy atom. The number of para-hydroxylation sites is 1. The normalized spacial score (nSPS) is 10.4. The predicted octanol–water partition coefficient (Wildman–Crippen LogP) is 3.78. The second-order valence-corrected chi connectivity index (χ2v) is 4.79. The lowest BCUT2D eigenvalue weighted by atomic mass is 10.2. The van der Waals surface area contributed by atoms with Crippen LogP contribution in [0.3, 0.4) is 0 Å². The number of hydrogen-bond acceptors (Lipinski definition) is 4. The van der Waals surface area contributed by atoms with E-state index in [0.717, 1.165) is 40.6 Å². The van der Waals surface area contributed by atoms with Gasteiger partial charge in [-0.05, 0) is 18.6 Å². The Kier molecular flexibility index (Phi) is 4.20. The maximum atomic E-state index is 5.43. The molecule has 1 heterocycles. The molecule has 0 N–H and O–H groups in total. The summed E-state index contributed by atoms with van der Waals surface area (Å²) >= 11 is 1.64. The number of aryl methyl sites for hydroxylation is 1. The summed E-state index contributed by atoms with van der Waals surface area (Å²) < 4.78 is 10.7. The maximum Gasteiger partial charge on any atom is 0.170 e. The molecule has 4 heteroatoms. The average Bonchev–Trinajstić information content (AvgIpc) is 2.86. The molecule has 2 rings (SSSR count). The van der Waals surface area contributed by atoms with Crippen LogP contribution in [0.2, 0.25) is 0 Å². The molecule has 0 spiro atoms. The van der Waals surface area contributed by atoms with Gasteiger partial charge in [0.25, 0.3) is 0 Å². The molecule has 0 saturated carbocycles. The van der Waals surface area contributed by atoms with Gasteiger partial charge < -0.3 is 9.47 Å². The van der Waals surface area contributed by atoms with Crippen molar-refractivity contribution >= 4 is 11.3 Å². The van der Waals surface area contributed by atoms with Crippen LogP contribution in [-0.2, 0) is 6.42 Å². The van der Waals surface area contributed by atoms with E-state index < -0.39 is 0 Å². The van der Waals surface area contributed by atoms with Gasteiger partial charge in [0.05, 0.1) is 25.5 Å². The number of methoxy groups -OCH3 is 2. The zero-order valence-electron chi connectivity index (χ0n) is 10.9. The van der Waals surface area contributed by atoms with Gasteiger partial charge in [0.15, 0.2) is 11.5 Å². The summed E-state index contributed by atoms with van der Waals surface area (Å²) in [6, 6.07) is 5.86. The third-order valence-corrected chi connectivity index (χ3v) is 3.62. The Morgan fingerprint density at radius 1 is 1.22 bits per heavy atom. The highest BCUT2D eigenvalue weighted by Gasteiger charge is 2.14. The van der Waals surface area contributed by atoms with Crippen LogP contribution in [0.25, 0.3) is 10.6 Å². The molecule has 0 aliphatic heterocycles. The molecule has 18 heavy (non-hydrogen) atoms. The quantitative estimate of drug-likeness (QED) is 0.822. The molecule has 0 aliphatic carbocycles. The van der Waals surface area contributed by atoms with Gasteiger partial charge in [-0.3, -0.25) is 0 Å². The van der Waals surface area contributed by atoms with Gasteiger partial charge in [-0.2, -0.15) is 0 Å². The van der Waals surface area contributed by atoms with Crippen molar-refractivity contribution in [1.82, 2.24) is 4.98 Å².